The molecule has 0 aliphatic carbocycles. The van der Waals surface area contributed by atoms with Crippen LogP contribution in [0, 0.1) is 0 Å². The Balaban J connectivity index is 1.67. The molecule has 0 fully saturated rings. The summed E-state index contributed by atoms with van der Waals surface area (Å²) in [6.07, 6.45) is 1.40. The molecule has 0 radical (unpaired) electrons. The maximum Gasteiger partial charge on any atom is 0.291 e. The van der Waals surface area contributed by atoms with Crippen molar-refractivity contribution in [1.82, 2.24) is 0 Å². The van der Waals surface area contributed by atoms with Crippen molar-refractivity contribution in [3.05, 3.63) is 78.3 Å². The predicted molar refractivity (Wildman–Crippen MR) is 99.4 cm³/mol. The first-order valence-corrected chi connectivity index (χ1v) is 8.71. The molecule has 3 rings (SSSR count). The van der Waals surface area contributed by atoms with Gasteiger partial charge in [-0.15, -0.1) is 0 Å². The second kappa shape index (κ2) is 8.50. The molecular weight excluding hydrogens is 374 g/mol. The van der Waals surface area contributed by atoms with Crippen molar-refractivity contribution in [3.8, 4) is 0 Å². The van der Waals surface area contributed by atoms with Crippen LogP contribution in [0.5, 0.6) is 0 Å². The molecule has 0 atom stereocenters. The van der Waals surface area contributed by atoms with E-state index in [1.54, 1.807) is 36.4 Å². The largest absolute Gasteiger partial charge is 0.459 e. The molecule has 0 saturated heterocycles. The van der Waals surface area contributed by atoms with Gasteiger partial charge in [0.15, 0.2) is 5.76 Å². The summed E-state index contributed by atoms with van der Waals surface area (Å²) in [5.74, 6) is -3.26. The Morgan fingerprint density at radius 2 is 1.63 bits per heavy atom. The molecule has 1 aromatic heterocycles. The SMILES string of the molecule is O=C(Nc1ccccc1SC(F)F)c1ccc(NC(=O)c2ccco2)cc1. The number of anilines is 2. The first kappa shape index (κ1) is 18.7. The number of hydrogen-bond acceptors (Lipinski definition) is 4. The summed E-state index contributed by atoms with van der Waals surface area (Å²) in [6.45, 7) is 0. The molecule has 0 aliphatic rings. The van der Waals surface area contributed by atoms with Crippen molar-refractivity contribution in [2.75, 3.05) is 10.6 Å². The number of halogens is 2. The summed E-state index contributed by atoms with van der Waals surface area (Å²) in [4.78, 5) is 24.6. The third-order valence-corrected chi connectivity index (χ3v) is 4.29. The fraction of sp³-hybridized carbons (Fsp3) is 0.0526. The van der Waals surface area contributed by atoms with Gasteiger partial charge in [-0.2, -0.15) is 8.78 Å². The molecule has 0 aliphatic heterocycles. The highest BCUT2D eigenvalue weighted by Gasteiger charge is 2.13. The Hall–Kier alpha value is -3.13. The molecule has 0 bridgehead atoms. The molecule has 0 unspecified atom stereocenters. The summed E-state index contributed by atoms with van der Waals surface area (Å²) in [6, 6.07) is 15.7. The fourth-order valence-corrected chi connectivity index (χ4v) is 2.86. The highest BCUT2D eigenvalue weighted by atomic mass is 32.2. The maximum absolute atomic E-state index is 12.6. The summed E-state index contributed by atoms with van der Waals surface area (Å²) in [5, 5.41) is 5.26. The van der Waals surface area contributed by atoms with Crippen LogP contribution in [0.2, 0.25) is 0 Å². The quantitative estimate of drug-likeness (QED) is 0.577. The van der Waals surface area contributed by atoms with Gasteiger partial charge in [0.05, 0.1) is 12.0 Å². The lowest BCUT2D eigenvalue weighted by Gasteiger charge is -2.11. The van der Waals surface area contributed by atoms with Gasteiger partial charge < -0.3 is 15.1 Å². The number of amides is 2. The summed E-state index contributed by atoms with van der Waals surface area (Å²) >= 11 is 0.366. The third kappa shape index (κ3) is 4.95. The van der Waals surface area contributed by atoms with Crippen molar-refractivity contribution >= 4 is 35.0 Å². The minimum absolute atomic E-state index is 0.171. The molecule has 0 saturated carbocycles. The fourth-order valence-electron chi connectivity index (χ4n) is 2.27. The zero-order chi connectivity index (χ0) is 19.2. The van der Waals surface area contributed by atoms with Crippen LogP contribution >= 0.6 is 11.8 Å². The number of furan rings is 1. The van der Waals surface area contributed by atoms with Crippen LogP contribution < -0.4 is 10.6 Å². The lowest BCUT2D eigenvalue weighted by molar-refractivity contribution is 0.0995. The number of rotatable bonds is 6. The van der Waals surface area contributed by atoms with E-state index in [9.17, 15) is 18.4 Å². The molecule has 1 heterocycles. The van der Waals surface area contributed by atoms with E-state index in [-0.39, 0.29) is 10.7 Å². The second-order valence-corrected chi connectivity index (χ2v) is 6.37. The lowest BCUT2D eigenvalue weighted by atomic mass is 10.2. The average Bonchev–Trinajstić information content (AvgIpc) is 3.18. The second-order valence-electron chi connectivity index (χ2n) is 5.34. The number of alkyl halides is 2. The molecule has 27 heavy (non-hydrogen) atoms. The van der Waals surface area contributed by atoms with Gasteiger partial charge in [-0.05, 0) is 48.5 Å². The van der Waals surface area contributed by atoms with Crippen molar-refractivity contribution in [2.45, 2.75) is 10.7 Å². The van der Waals surface area contributed by atoms with Gasteiger partial charge in [0.2, 0.25) is 0 Å². The van der Waals surface area contributed by atoms with Crippen LogP contribution in [-0.2, 0) is 0 Å². The van der Waals surface area contributed by atoms with E-state index in [1.165, 1.54) is 30.5 Å². The third-order valence-electron chi connectivity index (χ3n) is 3.50. The number of thioether (sulfide) groups is 1. The maximum atomic E-state index is 12.6. The van der Waals surface area contributed by atoms with Gasteiger partial charge in [0.1, 0.15) is 0 Å². The van der Waals surface area contributed by atoms with Crippen LogP contribution in [0.15, 0.2) is 76.2 Å². The monoisotopic (exact) mass is 388 g/mol. The zero-order valence-electron chi connectivity index (χ0n) is 13.8. The Labute approximate surface area is 157 Å². The highest BCUT2D eigenvalue weighted by Crippen LogP contribution is 2.31. The van der Waals surface area contributed by atoms with E-state index < -0.39 is 17.6 Å². The number of benzene rings is 2. The number of nitrogens with one attached hydrogen (secondary N) is 2. The Kier molecular flexibility index (Phi) is 5.87. The van der Waals surface area contributed by atoms with Gasteiger partial charge in [-0.25, -0.2) is 0 Å². The number of carbonyl (C=O) groups is 2. The smallest absolute Gasteiger partial charge is 0.291 e. The number of hydrogen-bond donors (Lipinski definition) is 2. The van der Waals surface area contributed by atoms with Crippen LogP contribution in [-0.4, -0.2) is 17.6 Å². The predicted octanol–water partition coefficient (Wildman–Crippen LogP) is 5.10. The zero-order valence-corrected chi connectivity index (χ0v) is 14.6. The van der Waals surface area contributed by atoms with E-state index in [2.05, 4.69) is 10.6 Å². The van der Waals surface area contributed by atoms with Crippen LogP contribution in [0.3, 0.4) is 0 Å². The molecule has 2 aromatic carbocycles. The molecule has 138 valence electrons. The van der Waals surface area contributed by atoms with Crippen LogP contribution in [0.1, 0.15) is 20.9 Å². The van der Waals surface area contributed by atoms with E-state index in [4.69, 9.17) is 4.42 Å². The molecule has 2 N–H and O–H groups in total. The van der Waals surface area contributed by atoms with Crippen molar-refractivity contribution < 1.29 is 22.8 Å². The topological polar surface area (TPSA) is 71.3 Å². The Morgan fingerprint density at radius 1 is 0.889 bits per heavy atom. The molecule has 3 aromatic rings. The van der Waals surface area contributed by atoms with Gasteiger partial charge in [0, 0.05) is 16.1 Å². The van der Waals surface area contributed by atoms with Gasteiger partial charge in [0.25, 0.3) is 17.6 Å². The summed E-state index contributed by atoms with van der Waals surface area (Å²) in [7, 11) is 0. The van der Waals surface area contributed by atoms with E-state index in [1.807, 2.05) is 0 Å². The van der Waals surface area contributed by atoms with E-state index in [0.717, 1.165) is 0 Å². The van der Waals surface area contributed by atoms with E-state index >= 15 is 0 Å². The molecule has 2 amide bonds. The highest BCUT2D eigenvalue weighted by molar-refractivity contribution is 7.99. The van der Waals surface area contributed by atoms with Crippen LogP contribution in [0.25, 0.3) is 0 Å². The van der Waals surface area contributed by atoms with Gasteiger partial charge in [-0.1, -0.05) is 23.9 Å². The Morgan fingerprint density at radius 3 is 2.30 bits per heavy atom. The molecule has 5 nitrogen and oxygen atoms in total. The Bertz CT molecular complexity index is 928. The van der Waals surface area contributed by atoms with E-state index in [0.29, 0.717) is 28.7 Å². The van der Waals surface area contributed by atoms with Gasteiger partial charge >= 0.3 is 0 Å². The van der Waals surface area contributed by atoms with Crippen molar-refractivity contribution in [2.24, 2.45) is 0 Å². The lowest BCUT2D eigenvalue weighted by Crippen LogP contribution is -2.13. The first-order chi connectivity index (χ1) is 13.0. The summed E-state index contributed by atoms with van der Waals surface area (Å²) in [5.41, 5.74) is 1.12. The molecule has 8 heteroatoms. The minimum atomic E-state index is -2.58. The number of carbonyl (C=O) groups excluding carboxylic acids is 2. The molecule has 0 spiro atoms. The first-order valence-electron chi connectivity index (χ1n) is 7.83. The normalized spacial score (nSPS) is 10.6. The van der Waals surface area contributed by atoms with Crippen LogP contribution in [0.4, 0.5) is 20.2 Å². The average molecular weight is 388 g/mol. The minimum Gasteiger partial charge on any atom is -0.459 e. The molecular formula is C19H14F2N2O3S. The standard InChI is InChI=1S/C19H14F2N2O3S/c20-19(21)27-16-6-2-1-4-14(16)23-17(24)12-7-9-13(10-8-12)22-18(25)15-5-3-11-26-15/h1-11,19H,(H,22,25)(H,23,24). The number of para-hydroxylation sites is 1. The van der Waals surface area contributed by atoms with Crippen molar-refractivity contribution in [3.63, 3.8) is 0 Å². The van der Waals surface area contributed by atoms with Gasteiger partial charge in [-0.3, -0.25) is 9.59 Å². The van der Waals surface area contributed by atoms with Crippen molar-refractivity contribution in [1.29, 1.82) is 0 Å². The summed E-state index contributed by atoms with van der Waals surface area (Å²) < 4.78 is 30.2.